The topological polar surface area (TPSA) is 125 Å². The molecule has 3 aliphatic rings. The molecular weight excluding hydrogens is 1530 g/mol. The molecule has 0 N–H and O–H groups in total. The Kier molecular flexibility index (Phi) is 27.7. The molecule has 0 unspecified atom stereocenters. The molecule has 18 rings (SSSR count). The number of ketones is 6. The number of carbonyl (C=O) groups excluding carboxylic acids is 6. The maximum absolute atomic E-state index is 12.5. The highest BCUT2D eigenvalue weighted by Gasteiger charge is 2.34. The summed E-state index contributed by atoms with van der Waals surface area (Å²) in [5.41, 5.74) is 26.3. The van der Waals surface area contributed by atoms with Crippen LogP contribution >= 0.6 is 0 Å². The fourth-order valence-corrected chi connectivity index (χ4v) is 15.4. The van der Waals surface area contributed by atoms with E-state index in [0.29, 0.717) is 66.8 Å². The summed E-state index contributed by atoms with van der Waals surface area (Å²) in [4.78, 5) is 88.9. The summed E-state index contributed by atoms with van der Waals surface area (Å²) in [6, 6.07) is 125. The zero-order valence-corrected chi connectivity index (χ0v) is 72.4. The normalized spacial score (nSPS) is 11.8. The van der Waals surface area contributed by atoms with Crippen LogP contribution in [0.15, 0.2) is 387 Å². The van der Waals surface area contributed by atoms with Crippen LogP contribution in [0.4, 0.5) is 79.6 Å². The van der Waals surface area contributed by atoms with Gasteiger partial charge in [0.15, 0.2) is 34.7 Å². The zero-order chi connectivity index (χ0) is 87.7. The Morgan fingerprint density at radius 2 is 0.315 bits per heavy atom. The van der Waals surface area contributed by atoms with E-state index in [1.54, 1.807) is 62.4 Å². The quantitative estimate of drug-likeness (QED) is 0.103. The smallest absolute Gasteiger partial charge is 0.195 e. The Morgan fingerprint density at radius 1 is 0.145 bits per heavy atom. The first-order chi connectivity index (χ1) is 60.0. The monoisotopic (exact) mass is 1630 g/mol. The predicted octanol–water partition coefficient (Wildman–Crippen LogP) is 26.0. The lowest BCUT2D eigenvalue weighted by molar-refractivity contribution is 0.0975. The number of rotatable bonds is 14. The lowest BCUT2D eigenvalue weighted by Crippen LogP contribution is -2.22. The number of benzene rings is 15. The van der Waals surface area contributed by atoms with Gasteiger partial charge in [-0.3, -0.25) is 28.8 Å². The molecule has 0 atom stereocenters. The van der Waals surface area contributed by atoms with Crippen molar-refractivity contribution in [1.82, 2.24) is 0 Å². The lowest BCUT2D eigenvalue weighted by Gasteiger charge is -2.28. The highest BCUT2D eigenvalue weighted by atomic mass is 16.2. The number of para-hydroxylation sites is 7. The van der Waals surface area contributed by atoms with Crippen LogP contribution in [-0.2, 0) is 0 Å². The highest BCUT2D eigenvalue weighted by molar-refractivity contribution is 6.30. The number of hydrogen-bond donors (Lipinski definition) is 0. The third-order valence-corrected chi connectivity index (χ3v) is 22.9. The first-order valence-electron chi connectivity index (χ1n) is 41.3. The fourth-order valence-electron chi connectivity index (χ4n) is 15.4. The van der Waals surface area contributed by atoms with Crippen LogP contribution < -0.4 is 34.3 Å². The molecule has 15 aromatic rings. The van der Waals surface area contributed by atoms with Crippen LogP contribution in [0.5, 0.6) is 0 Å². The Morgan fingerprint density at radius 3 is 0.565 bits per heavy atom. The number of carbonyl (C=O) groups is 6. The van der Waals surface area contributed by atoms with Crippen LogP contribution in [0.3, 0.4) is 0 Å². The van der Waals surface area contributed by atoms with E-state index in [2.05, 4.69) is 320 Å². The molecule has 0 spiro atoms. The van der Waals surface area contributed by atoms with Crippen LogP contribution in [-0.4, -0.2) is 84.0 Å². The molecule has 13 heteroatoms. The van der Waals surface area contributed by atoms with Crippen LogP contribution in [0.1, 0.15) is 121 Å². The van der Waals surface area contributed by atoms with Gasteiger partial charge in [0.25, 0.3) is 0 Å². The minimum Gasteiger partial charge on any atom is -0.345 e. The number of nitrogens with zero attached hydrogens (tertiary/aromatic N) is 7. The van der Waals surface area contributed by atoms with Gasteiger partial charge < -0.3 is 34.3 Å². The second kappa shape index (κ2) is 39.7. The minimum atomic E-state index is -0.0491. The molecule has 0 aliphatic heterocycles. The Balaban J connectivity index is 0.000000130. The third-order valence-electron chi connectivity index (χ3n) is 22.9. The number of fused-ring (bicyclic) bond motifs is 5. The molecule has 0 amide bonds. The van der Waals surface area contributed by atoms with Gasteiger partial charge in [0.2, 0.25) is 0 Å². The van der Waals surface area contributed by atoms with E-state index < -0.39 is 0 Å². The van der Waals surface area contributed by atoms with Crippen molar-refractivity contribution >= 4 is 114 Å². The summed E-state index contributed by atoms with van der Waals surface area (Å²) in [6.45, 7) is 10.9. The van der Waals surface area contributed by atoms with Gasteiger partial charge in [-0.15, -0.1) is 0 Å². The molecule has 3 aliphatic carbocycles. The molecule has 0 saturated carbocycles. The van der Waals surface area contributed by atoms with E-state index >= 15 is 0 Å². The van der Waals surface area contributed by atoms with Crippen molar-refractivity contribution in [3.8, 4) is 0 Å². The molecule has 124 heavy (non-hydrogen) atoms. The third kappa shape index (κ3) is 19.4. The predicted molar refractivity (Wildman–Crippen MR) is 513 cm³/mol. The van der Waals surface area contributed by atoms with E-state index in [1.165, 1.54) is 45.5 Å². The van der Waals surface area contributed by atoms with E-state index in [0.717, 1.165) is 56.4 Å². The number of allylic oxidation sites excluding steroid dienone is 2. The summed E-state index contributed by atoms with van der Waals surface area (Å²) >= 11 is 0. The van der Waals surface area contributed by atoms with Crippen molar-refractivity contribution < 1.29 is 28.8 Å². The highest BCUT2D eigenvalue weighted by Crippen LogP contribution is 2.40. The summed E-state index contributed by atoms with van der Waals surface area (Å²) in [7, 11) is 14.7. The van der Waals surface area contributed by atoms with Gasteiger partial charge in [-0.05, 0) is 209 Å². The van der Waals surface area contributed by atoms with Gasteiger partial charge in [-0.1, -0.05) is 231 Å². The number of Topliss-reactive ketones (excluding diaryl/α,β-unsaturated/α-hetero) is 2. The molecule has 616 valence electrons. The Labute approximate surface area is 729 Å². The van der Waals surface area contributed by atoms with Crippen molar-refractivity contribution in [2.45, 2.75) is 41.5 Å². The average Bonchev–Trinajstić information content (AvgIpc) is 0.751. The van der Waals surface area contributed by atoms with Crippen molar-refractivity contribution in [3.05, 3.63) is 465 Å². The lowest BCUT2D eigenvalue weighted by atomic mass is 9.80. The average molecular weight is 1630 g/mol. The zero-order valence-electron chi connectivity index (χ0n) is 72.4. The number of aryl methyl sites for hydroxylation is 4. The number of anilines is 14. The number of hydrogen-bond acceptors (Lipinski definition) is 13. The van der Waals surface area contributed by atoms with E-state index in [9.17, 15) is 28.8 Å². The molecule has 0 aromatic heterocycles. The first kappa shape index (κ1) is 86.5. The van der Waals surface area contributed by atoms with Gasteiger partial charge >= 0.3 is 0 Å². The van der Waals surface area contributed by atoms with Gasteiger partial charge in [0.05, 0.1) is 0 Å². The standard InChI is InChI=1S/C27H27N3.2C20H20N2.2C16H12O2.C12H10O2/c1-28(22-13-7-4-8-14-22)25-19-26(29(2)23-15-9-5-10-16-23)21-27(20-25)30(3)24-17-11-6-12-18-24;1-21(17-10-5-3-6-11-17)19-14-9-15-20(16-19)22(2)18-12-7-4-8-13-18;1-21(17-9-5-3-6-10-17)19-13-15-20(16-14-19)22(2)18-11-7-4-8-12-18;1-9-5-3-7-11-13(9)15(17)12-8-4-6-10(2)14(12)16(11)18;1-9-5-3-7-11-13(9)16(18)14-10(2)6-4-8-12(14)15(11)17;1-7-8(2)12(14)10-6-4-3-5-9(10)11(7)13/h4-21H,1-3H3;2*3-16H,1-2H3;2*3-8H,1-2H3;3-6H,1-2H3. The molecule has 0 fully saturated rings. The van der Waals surface area contributed by atoms with Gasteiger partial charge in [0.1, 0.15) is 0 Å². The summed E-state index contributed by atoms with van der Waals surface area (Å²) < 4.78 is 0. The first-order valence-corrected chi connectivity index (χ1v) is 41.3. The molecule has 13 nitrogen and oxygen atoms in total. The van der Waals surface area contributed by atoms with Gasteiger partial charge in [0, 0.05) is 196 Å². The minimum absolute atomic E-state index is 0.0299. The fraction of sp³-hybridized carbons (Fsp3) is 0.117. The van der Waals surface area contributed by atoms with Crippen molar-refractivity contribution in [2.24, 2.45) is 0 Å². The largest absolute Gasteiger partial charge is 0.345 e. The van der Waals surface area contributed by atoms with Crippen LogP contribution in [0.25, 0.3) is 0 Å². The van der Waals surface area contributed by atoms with E-state index in [-0.39, 0.29) is 34.7 Å². The second-order valence-corrected chi connectivity index (χ2v) is 30.8. The molecular formula is C111H101N7O6. The van der Waals surface area contributed by atoms with Crippen molar-refractivity contribution in [1.29, 1.82) is 0 Å². The van der Waals surface area contributed by atoms with E-state index in [4.69, 9.17) is 0 Å². The second-order valence-electron chi connectivity index (χ2n) is 30.8. The van der Waals surface area contributed by atoms with Crippen LogP contribution in [0, 0.1) is 27.7 Å². The van der Waals surface area contributed by atoms with Crippen molar-refractivity contribution in [2.75, 3.05) is 83.6 Å². The molecule has 0 saturated heterocycles. The van der Waals surface area contributed by atoms with Crippen molar-refractivity contribution in [3.63, 3.8) is 0 Å². The Hall–Kier alpha value is -15.3. The SMILES string of the molecule is CC1=C(C)C(=O)c2ccccc2C1=O.CN(c1ccccc1)c1cc(N(C)c2ccccc2)cc(N(C)c2ccccc2)c1.CN(c1ccccc1)c1ccc(N(C)c2ccccc2)cc1.CN(c1ccccc1)c1cccc(N(C)c2ccccc2)c1.Cc1cccc2c1C(=O)c1c(C)cccc1C2=O.Cc1cccc2c1C(=O)c1cccc(C)c1C2=O. The summed E-state index contributed by atoms with van der Waals surface area (Å²) in [5, 5.41) is 0. The maximum Gasteiger partial charge on any atom is 0.195 e. The molecule has 0 heterocycles. The summed E-state index contributed by atoms with van der Waals surface area (Å²) in [5.74, 6) is -0.221. The maximum atomic E-state index is 12.5. The molecule has 0 radical (unpaired) electrons. The molecule has 15 aromatic carbocycles. The summed E-state index contributed by atoms with van der Waals surface area (Å²) in [6.07, 6.45) is 0. The van der Waals surface area contributed by atoms with E-state index in [1.807, 2.05) is 119 Å². The van der Waals surface area contributed by atoms with Crippen LogP contribution in [0.2, 0.25) is 0 Å². The van der Waals surface area contributed by atoms with Gasteiger partial charge in [-0.25, -0.2) is 0 Å². The van der Waals surface area contributed by atoms with Gasteiger partial charge in [-0.2, -0.15) is 0 Å². The molecule has 0 bridgehead atoms. The Bertz CT molecular complexity index is 5920.